The zero-order valence-corrected chi connectivity index (χ0v) is 12.8. The first-order chi connectivity index (χ1) is 8.84. The van der Waals surface area contributed by atoms with Crippen LogP contribution in [0, 0.1) is 5.92 Å². The molecule has 0 aliphatic heterocycles. The summed E-state index contributed by atoms with van der Waals surface area (Å²) in [5.74, 6) is -1.26. The number of hydrogen-bond donors (Lipinski definition) is 2. The number of rotatable bonds is 9. The minimum absolute atomic E-state index is 0.0744. The van der Waals surface area contributed by atoms with Gasteiger partial charge in [0.05, 0.1) is 6.04 Å². The van der Waals surface area contributed by atoms with Gasteiger partial charge in [-0.1, -0.05) is 33.6 Å². The van der Waals surface area contributed by atoms with Gasteiger partial charge in [-0.15, -0.1) is 0 Å². The van der Waals surface area contributed by atoms with Gasteiger partial charge in [-0.05, 0) is 32.9 Å². The Balaban J connectivity index is 4.50. The summed E-state index contributed by atoms with van der Waals surface area (Å²) in [6.07, 6.45) is 2.82. The van der Waals surface area contributed by atoms with Crippen LogP contribution in [0.25, 0.3) is 0 Å². The third-order valence-electron chi connectivity index (χ3n) is 3.68. The molecule has 5 heteroatoms. The molecule has 2 N–H and O–H groups in total. The van der Waals surface area contributed by atoms with Crippen molar-refractivity contribution in [2.75, 3.05) is 13.6 Å². The lowest BCUT2D eigenvalue weighted by Gasteiger charge is -2.27. The third-order valence-corrected chi connectivity index (χ3v) is 3.68. The van der Waals surface area contributed by atoms with E-state index in [4.69, 9.17) is 5.11 Å². The topological polar surface area (TPSA) is 69.6 Å². The molecule has 5 nitrogen and oxygen atoms in total. The molecule has 0 rings (SSSR count). The molecule has 0 aromatic carbocycles. The van der Waals surface area contributed by atoms with Crippen molar-refractivity contribution in [3.05, 3.63) is 0 Å². The Kier molecular flexibility index (Phi) is 8.39. The van der Waals surface area contributed by atoms with Crippen LogP contribution in [0.5, 0.6) is 0 Å². The van der Waals surface area contributed by atoms with Gasteiger partial charge in [-0.25, -0.2) is 4.79 Å². The summed E-state index contributed by atoms with van der Waals surface area (Å²) in [5, 5.41) is 11.8. The summed E-state index contributed by atoms with van der Waals surface area (Å²) >= 11 is 0. The van der Waals surface area contributed by atoms with Crippen LogP contribution in [-0.2, 0) is 9.59 Å². The Morgan fingerprint density at radius 1 is 1.26 bits per heavy atom. The molecule has 3 atom stereocenters. The summed E-state index contributed by atoms with van der Waals surface area (Å²) < 4.78 is 0. The third kappa shape index (κ3) is 6.05. The average Bonchev–Trinajstić information content (AvgIpc) is 2.39. The molecule has 0 aliphatic carbocycles. The lowest BCUT2D eigenvalue weighted by Crippen LogP contribution is -2.51. The zero-order chi connectivity index (χ0) is 15.0. The van der Waals surface area contributed by atoms with E-state index in [0.29, 0.717) is 0 Å². The minimum atomic E-state index is -0.967. The first-order valence-electron chi connectivity index (χ1n) is 7.08. The Hall–Kier alpha value is -1.10. The largest absolute Gasteiger partial charge is 0.480 e. The molecule has 19 heavy (non-hydrogen) atoms. The molecule has 2 unspecified atom stereocenters. The van der Waals surface area contributed by atoms with Gasteiger partial charge in [-0.2, -0.15) is 0 Å². The molecule has 0 heterocycles. The van der Waals surface area contributed by atoms with Crippen molar-refractivity contribution in [3.63, 3.8) is 0 Å². The van der Waals surface area contributed by atoms with Crippen LogP contribution in [0.2, 0.25) is 0 Å². The first-order valence-corrected chi connectivity index (χ1v) is 7.08. The highest BCUT2D eigenvalue weighted by Crippen LogP contribution is 2.09. The quantitative estimate of drug-likeness (QED) is 0.670. The molecule has 0 bridgehead atoms. The maximum Gasteiger partial charge on any atom is 0.326 e. The number of carboxylic acids is 1. The smallest absolute Gasteiger partial charge is 0.326 e. The van der Waals surface area contributed by atoms with E-state index in [1.807, 2.05) is 25.8 Å². The number of amides is 1. The molecular formula is C14H28N2O3. The van der Waals surface area contributed by atoms with Crippen LogP contribution < -0.4 is 5.32 Å². The Morgan fingerprint density at radius 3 is 2.26 bits per heavy atom. The number of hydrogen-bond acceptors (Lipinski definition) is 3. The number of carboxylic acid groups (broad SMARTS) is 1. The maximum atomic E-state index is 12.1. The van der Waals surface area contributed by atoms with E-state index in [0.717, 1.165) is 25.8 Å². The van der Waals surface area contributed by atoms with Crippen LogP contribution in [0.1, 0.15) is 47.0 Å². The monoisotopic (exact) mass is 272 g/mol. The SMILES string of the molecule is CCCCN(C)[C@H](C)C(=O)NC(C(=O)O)C(C)CC. The summed E-state index contributed by atoms with van der Waals surface area (Å²) in [7, 11) is 1.89. The van der Waals surface area contributed by atoms with E-state index in [1.54, 1.807) is 6.92 Å². The Bertz CT molecular complexity index is 294. The van der Waals surface area contributed by atoms with Crippen molar-refractivity contribution < 1.29 is 14.7 Å². The summed E-state index contributed by atoms with van der Waals surface area (Å²) in [4.78, 5) is 25.2. The molecule has 0 saturated carbocycles. The molecule has 0 aromatic heterocycles. The van der Waals surface area contributed by atoms with Crippen molar-refractivity contribution in [2.24, 2.45) is 5.92 Å². The highest BCUT2D eigenvalue weighted by molar-refractivity contribution is 5.86. The number of aliphatic carboxylic acids is 1. The number of likely N-dealkylation sites (N-methyl/N-ethyl adjacent to an activating group) is 1. The van der Waals surface area contributed by atoms with E-state index in [1.165, 1.54) is 0 Å². The highest BCUT2D eigenvalue weighted by Gasteiger charge is 2.28. The van der Waals surface area contributed by atoms with E-state index >= 15 is 0 Å². The Labute approximate surface area is 116 Å². The van der Waals surface area contributed by atoms with E-state index < -0.39 is 12.0 Å². The van der Waals surface area contributed by atoms with Gasteiger partial charge in [-0.3, -0.25) is 9.69 Å². The normalized spacial score (nSPS) is 15.9. The molecule has 112 valence electrons. The molecule has 0 aliphatic rings. The Morgan fingerprint density at radius 2 is 1.84 bits per heavy atom. The van der Waals surface area contributed by atoms with Gasteiger partial charge in [0.1, 0.15) is 6.04 Å². The van der Waals surface area contributed by atoms with Gasteiger partial charge in [0.2, 0.25) is 5.91 Å². The number of nitrogens with zero attached hydrogens (tertiary/aromatic N) is 1. The highest BCUT2D eigenvalue weighted by atomic mass is 16.4. The van der Waals surface area contributed by atoms with Crippen molar-refractivity contribution >= 4 is 11.9 Å². The van der Waals surface area contributed by atoms with Crippen LogP contribution in [-0.4, -0.2) is 47.6 Å². The fraction of sp³-hybridized carbons (Fsp3) is 0.857. The van der Waals surface area contributed by atoms with Gasteiger partial charge in [0, 0.05) is 0 Å². The first kappa shape index (κ1) is 17.9. The molecule has 0 saturated heterocycles. The second-order valence-corrected chi connectivity index (χ2v) is 5.22. The van der Waals surface area contributed by atoms with Gasteiger partial charge in [0.25, 0.3) is 0 Å². The predicted octanol–water partition coefficient (Wildman–Crippen LogP) is 1.72. The molecule has 0 fully saturated rings. The summed E-state index contributed by atoms with van der Waals surface area (Å²) in [6, 6.07) is -1.11. The number of carbonyl (C=O) groups is 2. The van der Waals surface area contributed by atoms with Crippen LogP contribution in [0.3, 0.4) is 0 Å². The lowest BCUT2D eigenvalue weighted by atomic mass is 9.99. The van der Waals surface area contributed by atoms with Crippen LogP contribution in [0.4, 0.5) is 0 Å². The minimum Gasteiger partial charge on any atom is -0.480 e. The zero-order valence-electron chi connectivity index (χ0n) is 12.8. The maximum absolute atomic E-state index is 12.1. The van der Waals surface area contributed by atoms with Gasteiger partial charge < -0.3 is 10.4 Å². The van der Waals surface area contributed by atoms with Crippen LogP contribution in [0.15, 0.2) is 0 Å². The second kappa shape index (κ2) is 8.91. The van der Waals surface area contributed by atoms with Gasteiger partial charge >= 0.3 is 5.97 Å². The lowest BCUT2D eigenvalue weighted by molar-refractivity contribution is -0.144. The summed E-state index contributed by atoms with van der Waals surface area (Å²) in [6.45, 7) is 8.50. The molecular weight excluding hydrogens is 244 g/mol. The van der Waals surface area contributed by atoms with Crippen molar-refractivity contribution in [1.29, 1.82) is 0 Å². The standard InChI is InChI=1S/C14H28N2O3/c1-6-8-9-16(5)11(4)13(17)15-12(14(18)19)10(3)7-2/h10-12H,6-9H2,1-5H3,(H,15,17)(H,18,19)/t10?,11-,12?/m1/s1. The van der Waals surface area contributed by atoms with Crippen LogP contribution >= 0.6 is 0 Å². The fourth-order valence-corrected chi connectivity index (χ4v) is 1.76. The molecule has 0 aromatic rings. The van der Waals surface area contributed by atoms with E-state index in [2.05, 4.69) is 12.2 Å². The van der Waals surface area contributed by atoms with Crippen molar-refractivity contribution in [1.82, 2.24) is 10.2 Å². The fourth-order valence-electron chi connectivity index (χ4n) is 1.76. The molecule has 1 amide bonds. The second-order valence-electron chi connectivity index (χ2n) is 5.22. The number of carbonyl (C=O) groups excluding carboxylic acids is 1. The van der Waals surface area contributed by atoms with Crippen molar-refractivity contribution in [3.8, 4) is 0 Å². The van der Waals surface area contributed by atoms with Crippen molar-refractivity contribution in [2.45, 2.75) is 59.0 Å². The van der Waals surface area contributed by atoms with E-state index in [-0.39, 0.29) is 17.9 Å². The number of nitrogens with one attached hydrogen (secondary N) is 1. The number of unbranched alkanes of at least 4 members (excludes halogenated alkanes) is 1. The van der Waals surface area contributed by atoms with E-state index in [9.17, 15) is 9.59 Å². The molecule has 0 radical (unpaired) electrons. The van der Waals surface area contributed by atoms with Gasteiger partial charge in [0.15, 0.2) is 0 Å². The summed E-state index contributed by atoms with van der Waals surface area (Å²) in [5.41, 5.74) is 0. The average molecular weight is 272 g/mol. The molecule has 0 spiro atoms. The predicted molar refractivity (Wildman–Crippen MR) is 76.0 cm³/mol.